The molecule has 23 heavy (non-hydrogen) atoms. The van der Waals surface area contributed by atoms with E-state index in [0.29, 0.717) is 47.0 Å². The molecular formula is C13H18N6O2S2. The SMILES string of the molecule is CCC(O)c1cc2n(n1)CCN(C(=O)CSc1nnc(N)s1)C2. The fourth-order valence-corrected chi connectivity index (χ4v) is 3.91. The lowest BCUT2D eigenvalue weighted by atomic mass is 10.2. The monoisotopic (exact) mass is 354 g/mol. The zero-order chi connectivity index (χ0) is 16.4. The molecule has 2 aromatic rings. The van der Waals surface area contributed by atoms with Crippen LogP contribution in [0.5, 0.6) is 0 Å². The van der Waals surface area contributed by atoms with Gasteiger partial charge >= 0.3 is 0 Å². The van der Waals surface area contributed by atoms with Crippen LogP contribution in [0.15, 0.2) is 10.4 Å². The van der Waals surface area contributed by atoms with E-state index in [0.717, 1.165) is 5.69 Å². The number of nitrogens with two attached hydrogens (primary N) is 1. The van der Waals surface area contributed by atoms with Crippen molar-refractivity contribution in [3.8, 4) is 0 Å². The van der Waals surface area contributed by atoms with Gasteiger partial charge in [-0.1, -0.05) is 30.0 Å². The predicted molar refractivity (Wildman–Crippen MR) is 87.9 cm³/mol. The number of amides is 1. The first-order valence-electron chi connectivity index (χ1n) is 7.31. The molecule has 3 heterocycles. The fraction of sp³-hybridized carbons (Fsp3) is 0.538. The quantitative estimate of drug-likeness (QED) is 0.767. The van der Waals surface area contributed by atoms with Gasteiger partial charge in [-0.2, -0.15) is 5.10 Å². The van der Waals surface area contributed by atoms with Crippen molar-refractivity contribution in [2.75, 3.05) is 18.0 Å². The third kappa shape index (κ3) is 3.65. The molecule has 1 amide bonds. The largest absolute Gasteiger partial charge is 0.387 e. The van der Waals surface area contributed by atoms with E-state index in [9.17, 15) is 9.90 Å². The molecule has 0 aromatic carbocycles. The minimum Gasteiger partial charge on any atom is -0.387 e. The summed E-state index contributed by atoms with van der Waals surface area (Å²) >= 11 is 2.63. The zero-order valence-electron chi connectivity index (χ0n) is 12.7. The molecule has 0 radical (unpaired) electrons. The van der Waals surface area contributed by atoms with Crippen LogP contribution in [0.25, 0.3) is 0 Å². The van der Waals surface area contributed by atoms with Crippen LogP contribution in [0, 0.1) is 0 Å². The first kappa shape index (κ1) is 16.2. The lowest BCUT2D eigenvalue weighted by Gasteiger charge is -2.27. The Labute approximate surface area is 141 Å². The predicted octanol–water partition coefficient (Wildman–Crippen LogP) is 0.895. The van der Waals surface area contributed by atoms with E-state index in [1.54, 1.807) is 4.90 Å². The molecule has 3 rings (SSSR count). The molecule has 1 aliphatic heterocycles. The Morgan fingerprint density at radius 1 is 1.52 bits per heavy atom. The number of anilines is 1. The van der Waals surface area contributed by atoms with E-state index in [1.165, 1.54) is 23.1 Å². The van der Waals surface area contributed by atoms with Crippen LogP contribution >= 0.6 is 23.1 Å². The van der Waals surface area contributed by atoms with E-state index in [1.807, 2.05) is 17.7 Å². The molecule has 1 unspecified atom stereocenters. The molecule has 1 atom stereocenters. The maximum absolute atomic E-state index is 12.3. The molecule has 0 bridgehead atoms. The highest BCUT2D eigenvalue weighted by Gasteiger charge is 2.23. The second-order valence-electron chi connectivity index (χ2n) is 5.22. The maximum Gasteiger partial charge on any atom is 0.233 e. The van der Waals surface area contributed by atoms with Crippen molar-refractivity contribution >= 4 is 34.1 Å². The Bertz CT molecular complexity index is 700. The number of carbonyl (C=O) groups is 1. The van der Waals surface area contributed by atoms with Crippen LogP contribution in [-0.2, 0) is 17.9 Å². The van der Waals surface area contributed by atoms with Crippen molar-refractivity contribution in [3.05, 3.63) is 17.5 Å². The van der Waals surface area contributed by atoms with Gasteiger partial charge in [0.25, 0.3) is 0 Å². The number of aliphatic hydroxyl groups excluding tert-OH is 1. The lowest BCUT2D eigenvalue weighted by molar-refractivity contribution is -0.129. The number of nitrogen functional groups attached to an aromatic ring is 1. The molecule has 124 valence electrons. The van der Waals surface area contributed by atoms with Crippen LogP contribution in [-0.4, -0.2) is 48.2 Å². The van der Waals surface area contributed by atoms with Gasteiger partial charge in [0.2, 0.25) is 11.0 Å². The van der Waals surface area contributed by atoms with E-state index in [-0.39, 0.29) is 5.91 Å². The van der Waals surface area contributed by atoms with Crippen LogP contribution in [0.3, 0.4) is 0 Å². The van der Waals surface area contributed by atoms with Gasteiger partial charge in [-0.25, -0.2) is 0 Å². The maximum atomic E-state index is 12.3. The third-order valence-electron chi connectivity index (χ3n) is 3.64. The van der Waals surface area contributed by atoms with Gasteiger partial charge in [0.15, 0.2) is 4.34 Å². The first-order chi connectivity index (χ1) is 11.1. The topological polar surface area (TPSA) is 110 Å². The third-order valence-corrected chi connectivity index (χ3v) is 5.51. The number of hydrogen-bond donors (Lipinski definition) is 2. The second kappa shape index (κ2) is 6.85. The van der Waals surface area contributed by atoms with Crippen molar-refractivity contribution < 1.29 is 9.90 Å². The molecule has 0 saturated heterocycles. The van der Waals surface area contributed by atoms with Gasteiger partial charge in [-0.3, -0.25) is 9.48 Å². The summed E-state index contributed by atoms with van der Waals surface area (Å²) < 4.78 is 2.57. The van der Waals surface area contributed by atoms with Crippen LogP contribution in [0.2, 0.25) is 0 Å². The number of aromatic nitrogens is 4. The highest BCUT2D eigenvalue weighted by Crippen LogP contribution is 2.25. The molecule has 0 aliphatic carbocycles. The Morgan fingerprint density at radius 2 is 2.35 bits per heavy atom. The summed E-state index contributed by atoms with van der Waals surface area (Å²) in [6, 6.07) is 1.88. The van der Waals surface area contributed by atoms with Gasteiger partial charge in [0.05, 0.1) is 36.3 Å². The fourth-order valence-electron chi connectivity index (χ4n) is 2.37. The summed E-state index contributed by atoms with van der Waals surface area (Å²) in [4.78, 5) is 14.1. The highest BCUT2D eigenvalue weighted by molar-refractivity contribution is 8.01. The van der Waals surface area contributed by atoms with Gasteiger partial charge in [-0.15, -0.1) is 10.2 Å². The van der Waals surface area contributed by atoms with Crippen LogP contribution < -0.4 is 5.73 Å². The summed E-state index contributed by atoms with van der Waals surface area (Å²) in [6.07, 6.45) is 0.0800. The molecule has 1 aliphatic rings. The minimum atomic E-state index is -0.546. The molecular weight excluding hydrogens is 336 g/mol. The number of carbonyl (C=O) groups excluding carboxylic acids is 1. The Kier molecular flexibility index (Phi) is 4.83. The average molecular weight is 354 g/mol. The van der Waals surface area contributed by atoms with E-state index >= 15 is 0 Å². The minimum absolute atomic E-state index is 0.0498. The Morgan fingerprint density at radius 3 is 3.04 bits per heavy atom. The number of fused-ring (bicyclic) bond motifs is 1. The van der Waals surface area contributed by atoms with Crippen LogP contribution in [0.1, 0.15) is 30.8 Å². The Hall–Kier alpha value is -1.65. The smallest absolute Gasteiger partial charge is 0.233 e. The molecule has 0 saturated carbocycles. The summed E-state index contributed by atoms with van der Waals surface area (Å²) in [6.45, 7) is 3.69. The summed E-state index contributed by atoms with van der Waals surface area (Å²) in [7, 11) is 0. The summed E-state index contributed by atoms with van der Waals surface area (Å²) in [5, 5.41) is 22.3. The molecule has 3 N–H and O–H groups in total. The lowest BCUT2D eigenvalue weighted by Crippen LogP contribution is -2.39. The van der Waals surface area contributed by atoms with Crippen LogP contribution in [0.4, 0.5) is 5.13 Å². The molecule has 10 heteroatoms. The molecule has 0 fully saturated rings. The van der Waals surface area contributed by atoms with Crippen molar-refractivity contribution in [1.29, 1.82) is 0 Å². The van der Waals surface area contributed by atoms with Gasteiger partial charge < -0.3 is 15.7 Å². The second-order valence-corrected chi connectivity index (χ2v) is 7.45. The standard InChI is InChI=1S/C13H18N6O2S2/c1-2-10(20)9-5-8-6-18(3-4-19(8)17-9)11(21)7-22-13-16-15-12(14)23-13/h5,10,20H,2-4,6-7H2,1H3,(H2,14,15). The van der Waals surface area contributed by atoms with Gasteiger partial charge in [0, 0.05) is 6.54 Å². The first-order valence-corrected chi connectivity index (χ1v) is 9.11. The molecule has 8 nitrogen and oxygen atoms in total. The van der Waals surface area contributed by atoms with Crippen molar-refractivity contribution in [3.63, 3.8) is 0 Å². The average Bonchev–Trinajstić information content (AvgIpc) is 3.16. The van der Waals surface area contributed by atoms with E-state index in [4.69, 9.17) is 5.73 Å². The number of aliphatic hydroxyl groups is 1. The van der Waals surface area contributed by atoms with E-state index < -0.39 is 6.10 Å². The summed E-state index contributed by atoms with van der Waals surface area (Å²) in [5.41, 5.74) is 7.16. The van der Waals surface area contributed by atoms with E-state index in [2.05, 4.69) is 15.3 Å². The molecule has 0 spiro atoms. The Balaban J connectivity index is 1.60. The van der Waals surface area contributed by atoms with Gasteiger partial charge in [0.1, 0.15) is 0 Å². The molecule has 2 aromatic heterocycles. The normalized spacial score (nSPS) is 15.5. The van der Waals surface area contributed by atoms with Crippen molar-refractivity contribution in [2.45, 2.75) is 36.9 Å². The summed E-state index contributed by atoms with van der Waals surface area (Å²) in [5.74, 6) is 0.363. The number of hydrogen-bond acceptors (Lipinski definition) is 8. The van der Waals surface area contributed by atoms with Gasteiger partial charge in [-0.05, 0) is 12.5 Å². The number of nitrogens with zero attached hydrogens (tertiary/aromatic N) is 5. The zero-order valence-corrected chi connectivity index (χ0v) is 14.3. The highest BCUT2D eigenvalue weighted by atomic mass is 32.2. The van der Waals surface area contributed by atoms with Crippen molar-refractivity contribution in [1.82, 2.24) is 24.9 Å². The van der Waals surface area contributed by atoms with Crippen molar-refractivity contribution in [2.24, 2.45) is 0 Å². The number of rotatable bonds is 5. The number of thioether (sulfide) groups is 1.